The SMILES string of the molecule is CC(=O)Nc1ccc(N(C)CCN)cc1. The molecular formula is C11H17N3O. The van der Waals surface area contributed by atoms with Crippen LogP contribution in [0.5, 0.6) is 0 Å². The summed E-state index contributed by atoms with van der Waals surface area (Å²) in [5.74, 6) is -0.0573. The van der Waals surface area contributed by atoms with Crippen molar-refractivity contribution in [3.63, 3.8) is 0 Å². The van der Waals surface area contributed by atoms with E-state index in [1.807, 2.05) is 31.3 Å². The summed E-state index contributed by atoms with van der Waals surface area (Å²) >= 11 is 0. The molecule has 0 heterocycles. The van der Waals surface area contributed by atoms with Crippen LogP contribution in [-0.4, -0.2) is 26.0 Å². The Labute approximate surface area is 90.1 Å². The molecule has 4 nitrogen and oxygen atoms in total. The molecule has 0 aromatic heterocycles. The van der Waals surface area contributed by atoms with Gasteiger partial charge in [-0.05, 0) is 24.3 Å². The molecule has 0 atom stereocenters. The zero-order chi connectivity index (χ0) is 11.3. The molecule has 0 saturated carbocycles. The van der Waals surface area contributed by atoms with E-state index in [4.69, 9.17) is 5.73 Å². The van der Waals surface area contributed by atoms with Gasteiger partial charge in [0.2, 0.25) is 5.91 Å². The molecule has 0 saturated heterocycles. The van der Waals surface area contributed by atoms with Crippen LogP contribution < -0.4 is 16.0 Å². The van der Waals surface area contributed by atoms with E-state index >= 15 is 0 Å². The number of rotatable bonds is 4. The van der Waals surface area contributed by atoms with Crippen LogP contribution >= 0.6 is 0 Å². The van der Waals surface area contributed by atoms with Crippen LogP contribution in [0.25, 0.3) is 0 Å². The van der Waals surface area contributed by atoms with E-state index in [2.05, 4.69) is 10.2 Å². The summed E-state index contributed by atoms with van der Waals surface area (Å²) in [6, 6.07) is 7.68. The molecule has 4 heteroatoms. The molecule has 15 heavy (non-hydrogen) atoms. The molecular weight excluding hydrogens is 190 g/mol. The zero-order valence-electron chi connectivity index (χ0n) is 9.16. The van der Waals surface area contributed by atoms with E-state index in [0.29, 0.717) is 6.54 Å². The van der Waals surface area contributed by atoms with Gasteiger partial charge in [-0.1, -0.05) is 0 Å². The maximum Gasteiger partial charge on any atom is 0.221 e. The van der Waals surface area contributed by atoms with Crippen LogP contribution in [0.2, 0.25) is 0 Å². The van der Waals surface area contributed by atoms with Crippen molar-refractivity contribution in [2.45, 2.75) is 6.92 Å². The minimum Gasteiger partial charge on any atom is -0.373 e. The van der Waals surface area contributed by atoms with Gasteiger partial charge >= 0.3 is 0 Å². The fraction of sp³-hybridized carbons (Fsp3) is 0.364. The monoisotopic (exact) mass is 207 g/mol. The summed E-state index contributed by atoms with van der Waals surface area (Å²) < 4.78 is 0. The number of benzene rings is 1. The minimum absolute atomic E-state index is 0.0573. The summed E-state index contributed by atoms with van der Waals surface area (Å²) in [6.07, 6.45) is 0. The van der Waals surface area contributed by atoms with E-state index in [1.54, 1.807) is 0 Å². The van der Waals surface area contributed by atoms with E-state index in [1.165, 1.54) is 6.92 Å². The highest BCUT2D eigenvalue weighted by Gasteiger charge is 2.00. The van der Waals surface area contributed by atoms with Crippen LogP contribution in [0.4, 0.5) is 11.4 Å². The molecule has 1 rings (SSSR count). The molecule has 82 valence electrons. The number of anilines is 2. The van der Waals surface area contributed by atoms with Crippen LogP contribution in [0.1, 0.15) is 6.92 Å². The number of hydrogen-bond acceptors (Lipinski definition) is 3. The number of likely N-dealkylation sites (N-methyl/N-ethyl adjacent to an activating group) is 1. The first-order chi connectivity index (χ1) is 7.13. The van der Waals surface area contributed by atoms with Gasteiger partial charge in [0.15, 0.2) is 0 Å². The first-order valence-corrected chi connectivity index (χ1v) is 4.92. The highest BCUT2D eigenvalue weighted by molar-refractivity contribution is 5.88. The van der Waals surface area contributed by atoms with Gasteiger partial charge in [-0.3, -0.25) is 4.79 Å². The smallest absolute Gasteiger partial charge is 0.221 e. The van der Waals surface area contributed by atoms with Gasteiger partial charge in [0.1, 0.15) is 0 Å². The average molecular weight is 207 g/mol. The molecule has 3 N–H and O–H groups in total. The zero-order valence-corrected chi connectivity index (χ0v) is 9.16. The van der Waals surface area contributed by atoms with Gasteiger partial charge in [0.25, 0.3) is 0 Å². The summed E-state index contributed by atoms with van der Waals surface area (Å²) in [5, 5.41) is 2.72. The second-order valence-electron chi connectivity index (χ2n) is 3.44. The van der Waals surface area contributed by atoms with Gasteiger partial charge in [-0.25, -0.2) is 0 Å². The lowest BCUT2D eigenvalue weighted by atomic mass is 10.2. The molecule has 0 aliphatic rings. The summed E-state index contributed by atoms with van der Waals surface area (Å²) in [5.41, 5.74) is 7.37. The highest BCUT2D eigenvalue weighted by atomic mass is 16.1. The lowest BCUT2D eigenvalue weighted by Gasteiger charge is -2.18. The van der Waals surface area contributed by atoms with Gasteiger partial charge in [0, 0.05) is 38.4 Å². The molecule has 1 aromatic rings. The quantitative estimate of drug-likeness (QED) is 0.775. The van der Waals surface area contributed by atoms with Crippen LogP contribution in [0.15, 0.2) is 24.3 Å². The number of nitrogens with one attached hydrogen (secondary N) is 1. The Morgan fingerprint density at radius 1 is 1.40 bits per heavy atom. The molecule has 0 unspecified atom stereocenters. The molecule has 0 fully saturated rings. The number of carbonyl (C=O) groups is 1. The van der Waals surface area contributed by atoms with Crippen molar-refractivity contribution in [1.29, 1.82) is 0 Å². The second kappa shape index (κ2) is 5.36. The van der Waals surface area contributed by atoms with Crippen molar-refractivity contribution in [2.24, 2.45) is 5.73 Å². The first-order valence-electron chi connectivity index (χ1n) is 4.92. The predicted molar refractivity (Wildman–Crippen MR) is 63.1 cm³/mol. The Balaban J connectivity index is 2.67. The second-order valence-corrected chi connectivity index (χ2v) is 3.44. The number of carbonyl (C=O) groups excluding carboxylic acids is 1. The highest BCUT2D eigenvalue weighted by Crippen LogP contribution is 2.16. The first kappa shape index (κ1) is 11.5. The summed E-state index contributed by atoms with van der Waals surface area (Å²) in [6.45, 7) is 2.94. The van der Waals surface area contributed by atoms with E-state index in [-0.39, 0.29) is 5.91 Å². The van der Waals surface area contributed by atoms with Crippen molar-refractivity contribution in [3.8, 4) is 0 Å². The maximum atomic E-state index is 10.8. The van der Waals surface area contributed by atoms with Crippen molar-refractivity contribution >= 4 is 17.3 Å². The summed E-state index contributed by atoms with van der Waals surface area (Å²) in [4.78, 5) is 12.9. The lowest BCUT2D eigenvalue weighted by molar-refractivity contribution is -0.114. The van der Waals surface area contributed by atoms with Crippen molar-refractivity contribution < 1.29 is 4.79 Å². The Hall–Kier alpha value is -1.55. The number of hydrogen-bond donors (Lipinski definition) is 2. The molecule has 0 bridgehead atoms. The van der Waals surface area contributed by atoms with Crippen molar-refractivity contribution in [3.05, 3.63) is 24.3 Å². The van der Waals surface area contributed by atoms with Gasteiger partial charge in [-0.15, -0.1) is 0 Å². The van der Waals surface area contributed by atoms with Crippen molar-refractivity contribution in [2.75, 3.05) is 30.4 Å². The third-order valence-electron chi connectivity index (χ3n) is 2.09. The average Bonchev–Trinajstić information content (AvgIpc) is 2.18. The van der Waals surface area contributed by atoms with Crippen molar-refractivity contribution in [1.82, 2.24) is 0 Å². The Morgan fingerprint density at radius 2 is 2.00 bits per heavy atom. The Kier molecular flexibility index (Phi) is 4.12. The molecule has 0 spiro atoms. The Morgan fingerprint density at radius 3 is 2.47 bits per heavy atom. The van der Waals surface area contributed by atoms with Gasteiger partial charge in [0.05, 0.1) is 0 Å². The number of nitrogens with zero attached hydrogens (tertiary/aromatic N) is 1. The fourth-order valence-electron chi connectivity index (χ4n) is 1.33. The fourth-order valence-corrected chi connectivity index (χ4v) is 1.33. The molecule has 0 aliphatic carbocycles. The molecule has 0 radical (unpaired) electrons. The van der Waals surface area contributed by atoms with Gasteiger partial charge in [-0.2, -0.15) is 0 Å². The Bertz CT molecular complexity index is 321. The standard InChI is InChI=1S/C11H17N3O/c1-9(15)13-10-3-5-11(6-4-10)14(2)8-7-12/h3-6H,7-8,12H2,1-2H3,(H,13,15). The third kappa shape index (κ3) is 3.59. The van der Waals surface area contributed by atoms with Crippen LogP contribution in [0, 0.1) is 0 Å². The van der Waals surface area contributed by atoms with E-state index in [0.717, 1.165) is 17.9 Å². The largest absolute Gasteiger partial charge is 0.373 e. The lowest BCUT2D eigenvalue weighted by Crippen LogP contribution is -2.24. The van der Waals surface area contributed by atoms with Crippen LogP contribution in [-0.2, 0) is 4.79 Å². The summed E-state index contributed by atoms with van der Waals surface area (Å²) in [7, 11) is 1.99. The third-order valence-corrected chi connectivity index (χ3v) is 2.09. The van der Waals surface area contributed by atoms with E-state index < -0.39 is 0 Å². The topological polar surface area (TPSA) is 58.4 Å². The maximum absolute atomic E-state index is 10.8. The molecule has 1 aromatic carbocycles. The number of amides is 1. The van der Waals surface area contributed by atoms with Gasteiger partial charge < -0.3 is 16.0 Å². The minimum atomic E-state index is -0.0573. The molecule has 0 aliphatic heterocycles. The van der Waals surface area contributed by atoms with E-state index in [9.17, 15) is 4.79 Å². The molecule has 1 amide bonds. The number of nitrogens with two attached hydrogens (primary N) is 1. The predicted octanol–water partition coefficient (Wildman–Crippen LogP) is 1.04. The van der Waals surface area contributed by atoms with Crippen LogP contribution in [0.3, 0.4) is 0 Å². The normalized spacial score (nSPS) is 9.80.